The smallest absolute Gasteiger partial charge is 0.446 e. The molecule has 0 heterocycles. The van der Waals surface area contributed by atoms with Crippen molar-refractivity contribution in [2.75, 3.05) is 0 Å². The predicted octanol–water partition coefficient (Wildman–Crippen LogP) is 5.58. The van der Waals surface area contributed by atoms with Gasteiger partial charge in [0.25, 0.3) is 0 Å². The molecule has 3 rings (SSSR count). The monoisotopic (exact) mass is 396 g/mol. The molecule has 0 amide bonds. The van der Waals surface area contributed by atoms with E-state index in [1.165, 1.54) is 0 Å². The molecule has 0 aliphatic heterocycles. The Bertz CT molecular complexity index is 649. The van der Waals surface area contributed by atoms with Crippen LogP contribution in [0.5, 0.6) is 0 Å². The van der Waals surface area contributed by atoms with Gasteiger partial charge in [0, 0.05) is 17.8 Å². The second-order valence-electron chi connectivity index (χ2n) is 8.79. The van der Waals surface area contributed by atoms with Crippen molar-refractivity contribution in [2.24, 2.45) is 17.8 Å². The Morgan fingerprint density at radius 3 is 1.07 bits per heavy atom. The zero-order valence-corrected chi connectivity index (χ0v) is 19.1. The molecule has 6 atom stereocenters. The van der Waals surface area contributed by atoms with Crippen LogP contribution in [0.3, 0.4) is 0 Å². The standard InChI is InChI=1S/3C8H11O.Al/c3*1-7-5-3-4-6-8(7,2)9;/h3*3-7H,1-2H3;/q3*-1;+3. The first-order valence-electron chi connectivity index (χ1n) is 10.3. The molecule has 0 fully saturated rings. The maximum atomic E-state index is 6.66. The van der Waals surface area contributed by atoms with Crippen LogP contribution in [0.15, 0.2) is 72.9 Å². The fourth-order valence-electron chi connectivity index (χ4n) is 3.59. The van der Waals surface area contributed by atoms with E-state index in [9.17, 15) is 0 Å². The summed E-state index contributed by atoms with van der Waals surface area (Å²) in [6, 6.07) is 0. The van der Waals surface area contributed by atoms with Gasteiger partial charge in [-0.05, 0) is 20.8 Å². The Hall–Kier alpha value is -1.15. The maximum Gasteiger partial charge on any atom is 0.907 e. The van der Waals surface area contributed by atoms with Crippen LogP contribution in [0.4, 0.5) is 0 Å². The summed E-state index contributed by atoms with van der Waals surface area (Å²) in [4.78, 5) is 0. The summed E-state index contributed by atoms with van der Waals surface area (Å²) in [6.45, 7) is 12.9. The zero-order valence-electron chi connectivity index (χ0n) is 18.0. The lowest BCUT2D eigenvalue weighted by molar-refractivity contribution is -0.0668. The Morgan fingerprint density at radius 2 is 0.821 bits per heavy atom. The van der Waals surface area contributed by atoms with Crippen molar-refractivity contribution >= 4 is 15.1 Å². The lowest BCUT2D eigenvalue weighted by Gasteiger charge is -2.43. The highest BCUT2D eigenvalue weighted by Crippen LogP contribution is 2.36. The molecule has 6 unspecified atom stereocenters. The van der Waals surface area contributed by atoms with Crippen molar-refractivity contribution in [1.29, 1.82) is 0 Å². The van der Waals surface area contributed by atoms with Crippen molar-refractivity contribution in [3.8, 4) is 0 Å². The first-order chi connectivity index (χ1) is 13.2. The number of hydrogen-bond donors (Lipinski definition) is 0. The molecule has 0 N–H and O–H groups in total. The van der Waals surface area contributed by atoms with E-state index in [4.69, 9.17) is 11.4 Å². The maximum absolute atomic E-state index is 6.66. The highest BCUT2D eigenvalue weighted by Gasteiger charge is 2.50. The van der Waals surface area contributed by atoms with E-state index < -0.39 is 32.0 Å². The second kappa shape index (κ2) is 8.30. The third kappa shape index (κ3) is 4.53. The van der Waals surface area contributed by atoms with Gasteiger partial charge in [-0.1, -0.05) is 93.7 Å². The van der Waals surface area contributed by atoms with Crippen molar-refractivity contribution in [3.63, 3.8) is 0 Å². The average Bonchev–Trinajstić information content (AvgIpc) is 2.63. The predicted molar refractivity (Wildman–Crippen MR) is 117 cm³/mol. The summed E-state index contributed by atoms with van der Waals surface area (Å²) in [5.74, 6) is 0.747. The lowest BCUT2D eigenvalue weighted by Crippen LogP contribution is -2.52. The number of hydrogen-bond acceptors (Lipinski definition) is 3. The Morgan fingerprint density at radius 1 is 0.536 bits per heavy atom. The molecule has 3 aliphatic rings. The Kier molecular flexibility index (Phi) is 6.39. The van der Waals surface area contributed by atoms with Crippen LogP contribution in [0, 0.1) is 17.8 Å². The van der Waals surface area contributed by atoms with Crippen LogP contribution in [0.25, 0.3) is 0 Å². The minimum Gasteiger partial charge on any atom is -0.446 e. The number of allylic oxidation sites excluding steroid dienone is 6. The van der Waals surface area contributed by atoms with Gasteiger partial charge >= 0.3 is 15.1 Å². The molecule has 0 radical (unpaired) electrons. The largest absolute Gasteiger partial charge is 0.907 e. The Labute approximate surface area is 175 Å². The highest BCUT2D eigenvalue weighted by molar-refractivity contribution is 6.37. The van der Waals surface area contributed by atoms with Crippen LogP contribution >= 0.6 is 0 Å². The normalized spacial score (nSPS) is 41.6. The molecule has 4 heteroatoms. The molecule has 3 nitrogen and oxygen atoms in total. The van der Waals surface area contributed by atoms with Gasteiger partial charge in [-0.15, -0.1) is 0 Å². The zero-order chi connectivity index (χ0) is 20.4. The molecule has 0 aromatic heterocycles. The third-order valence-corrected chi connectivity index (χ3v) is 8.68. The lowest BCUT2D eigenvalue weighted by atomic mass is 9.87. The molecule has 28 heavy (non-hydrogen) atoms. The van der Waals surface area contributed by atoms with Crippen molar-refractivity contribution in [1.82, 2.24) is 0 Å². The average molecular weight is 397 g/mol. The van der Waals surface area contributed by atoms with Gasteiger partial charge in [0.15, 0.2) is 0 Å². The van der Waals surface area contributed by atoms with E-state index in [-0.39, 0.29) is 17.8 Å². The van der Waals surface area contributed by atoms with Gasteiger partial charge < -0.3 is 11.4 Å². The summed E-state index contributed by atoms with van der Waals surface area (Å²) in [6.07, 6.45) is 25.2. The SMILES string of the molecule is CC1C=CC=CC1(C)[O][Al]([O]C1(C)C=CC=CC1C)[O]C1(C)C=CC=CC1C. The van der Waals surface area contributed by atoms with Crippen molar-refractivity contribution in [2.45, 2.75) is 58.3 Å². The van der Waals surface area contributed by atoms with Crippen LogP contribution in [0.1, 0.15) is 41.5 Å². The van der Waals surface area contributed by atoms with Gasteiger partial charge in [0.1, 0.15) is 0 Å². The molecule has 0 aromatic rings. The molecule has 0 saturated heterocycles. The molecule has 0 aromatic carbocycles. The summed E-state index contributed by atoms with van der Waals surface area (Å²) < 4.78 is 20.0. The minimum absolute atomic E-state index is 0.249. The summed E-state index contributed by atoms with van der Waals surface area (Å²) in [5, 5.41) is 0. The molecular formula is C24H33AlO3. The first-order valence-corrected chi connectivity index (χ1v) is 11.7. The van der Waals surface area contributed by atoms with E-state index in [1.807, 2.05) is 18.2 Å². The molecular weight excluding hydrogens is 363 g/mol. The minimum atomic E-state index is -2.53. The van der Waals surface area contributed by atoms with E-state index in [2.05, 4.69) is 96.2 Å². The van der Waals surface area contributed by atoms with Crippen LogP contribution in [-0.4, -0.2) is 32.0 Å². The van der Waals surface area contributed by atoms with Gasteiger partial charge in [0.05, 0.1) is 16.8 Å². The summed E-state index contributed by atoms with van der Waals surface area (Å²) in [5.41, 5.74) is -1.31. The topological polar surface area (TPSA) is 27.7 Å². The van der Waals surface area contributed by atoms with E-state index in [0.29, 0.717) is 0 Å². The van der Waals surface area contributed by atoms with E-state index in [1.54, 1.807) is 0 Å². The molecule has 0 saturated carbocycles. The number of rotatable bonds is 6. The molecule has 0 bridgehead atoms. The highest BCUT2D eigenvalue weighted by atomic mass is 27.3. The van der Waals surface area contributed by atoms with Gasteiger partial charge in [-0.2, -0.15) is 0 Å². The molecule has 150 valence electrons. The van der Waals surface area contributed by atoms with Crippen molar-refractivity contribution < 1.29 is 11.4 Å². The van der Waals surface area contributed by atoms with Crippen molar-refractivity contribution in [3.05, 3.63) is 72.9 Å². The molecule has 0 spiro atoms. The fraction of sp³-hybridized carbons (Fsp3) is 0.500. The van der Waals surface area contributed by atoms with Gasteiger partial charge in [-0.3, -0.25) is 0 Å². The Balaban J connectivity index is 1.86. The fourth-order valence-corrected chi connectivity index (χ4v) is 5.86. The van der Waals surface area contributed by atoms with Crippen LogP contribution < -0.4 is 0 Å². The molecule has 3 aliphatic carbocycles. The second-order valence-corrected chi connectivity index (χ2v) is 10.1. The van der Waals surface area contributed by atoms with Gasteiger partial charge in [0.2, 0.25) is 0 Å². The summed E-state index contributed by atoms with van der Waals surface area (Å²) >= 11 is -2.53. The first kappa shape index (κ1) is 21.6. The van der Waals surface area contributed by atoms with Crippen LogP contribution in [0.2, 0.25) is 0 Å². The quantitative estimate of drug-likeness (QED) is 0.548. The van der Waals surface area contributed by atoms with E-state index >= 15 is 0 Å². The van der Waals surface area contributed by atoms with E-state index in [0.717, 1.165) is 0 Å². The van der Waals surface area contributed by atoms with Gasteiger partial charge in [-0.25, -0.2) is 0 Å². The third-order valence-electron chi connectivity index (χ3n) is 6.58. The summed E-state index contributed by atoms with van der Waals surface area (Å²) in [7, 11) is 0. The van der Waals surface area contributed by atoms with Crippen LogP contribution in [-0.2, 0) is 11.4 Å².